The summed E-state index contributed by atoms with van der Waals surface area (Å²) in [7, 11) is 2.24. The number of aryl methyl sites for hydroxylation is 1. The first-order valence-electron chi connectivity index (χ1n) is 8.35. The highest BCUT2D eigenvalue weighted by Gasteiger charge is 2.22. The quantitative estimate of drug-likeness (QED) is 0.904. The second-order valence-corrected chi connectivity index (χ2v) is 6.52. The van der Waals surface area contributed by atoms with Gasteiger partial charge in [0.25, 0.3) is 0 Å². The zero-order valence-corrected chi connectivity index (χ0v) is 13.9. The normalized spacial score (nSPS) is 23.0. The molecule has 21 heavy (non-hydrogen) atoms. The summed E-state index contributed by atoms with van der Waals surface area (Å²) in [4.78, 5) is 5.12. The first-order valence-corrected chi connectivity index (χ1v) is 8.35. The van der Waals surface area contributed by atoms with E-state index in [1.54, 1.807) is 0 Å². The molecule has 0 radical (unpaired) electrons. The SMILES string of the molecule is CCC1CN(C)CCCN1CCC(N)c1cccc(C)c1. The van der Waals surface area contributed by atoms with E-state index in [1.807, 2.05) is 0 Å². The number of nitrogens with two attached hydrogens (primary N) is 1. The number of nitrogens with zero attached hydrogens (tertiary/aromatic N) is 2. The largest absolute Gasteiger partial charge is 0.324 e. The molecular weight excluding hydrogens is 258 g/mol. The molecule has 118 valence electrons. The number of rotatable bonds is 5. The lowest BCUT2D eigenvalue weighted by Gasteiger charge is -2.31. The molecule has 3 heteroatoms. The Morgan fingerprint density at radius 1 is 1.33 bits per heavy atom. The number of hydrogen-bond acceptors (Lipinski definition) is 3. The number of likely N-dealkylation sites (N-methyl/N-ethyl adjacent to an activating group) is 1. The van der Waals surface area contributed by atoms with E-state index in [-0.39, 0.29) is 6.04 Å². The molecule has 2 atom stereocenters. The van der Waals surface area contributed by atoms with E-state index in [0.29, 0.717) is 6.04 Å². The van der Waals surface area contributed by atoms with Gasteiger partial charge < -0.3 is 10.6 Å². The Morgan fingerprint density at radius 2 is 2.14 bits per heavy atom. The van der Waals surface area contributed by atoms with Crippen LogP contribution in [0.2, 0.25) is 0 Å². The Morgan fingerprint density at radius 3 is 2.86 bits per heavy atom. The molecule has 0 aliphatic carbocycles. The molecule has 1 aromatic carbocycles. The third-order valence-electron chi connectivity index (χ3n) is 4.69. The predicted molar refractivity (Wildman–Crippen MR) is 90.5 cm³/mol. The van der Waals surface area contributed by atoms with Gasteiger partial charge in [-0.15, -0.1) is 0 Å². The molecule has 1 aliphatic heterocycles. The molecule has 1 saturated heterocycles. The van der Waals surface area contributed by atoms with Gasteiger partial charge in [-0.05, 0) is 51.9 Å². The van der Waals surface area contributed by atoms with Crippen molar-refractivity contribution >= 4 is 0 Å². The first-order chi connectivity index (χ1) is 10.1. The molecule has 0 aromatic heterocycles. The second-order valence-electron chi connectivity index (χ2n) is 6.52. The topological polar surface area (TPSA) is 32.5 Å². The summed E-state index contributed by atoms with van der Waals surface area (Å²) in [6.07, 6.45) is 3.54. The summed E-state index contributed by atoms with van der Waals surface area (Å²) in [5, 5.41) is 0. The van der Waals surface area contributed by atoms with Gasteiger partial charge in [-0.3, -0.25) is 4.90 Å². The zero-order chi connectivity index (χ0) is 15.2. The highest BCUT2D eigenvalue weighted by molar-refractivity contribution is 5.24. The lowest BCUT2D eigenvalue weighted by Crippen LogP contribution is -2.40. The lowest BCUT2D eigenvalue weighted by atomic mass is 10.0. The van der Waals surface area contributed by atoms with Gasteiger partial charge in [0.15, 0.2) is 0 Å². The molecule has 3 nitrogen and oxygen atoms in total. The van der Waals surface area contributed by atoms with Gasteiger partial charge in [0.1, 0.15) is 0 Å². The van der Waals surface area contributed by atoms with Gasteiger partial charge in [0, 0.05) is 25.2 Å². The third-order valence-corrected chi connectivity index (χ3v) is 4.69. The van der Waals surface area contributed by atoms with Crippen LogP contribution in [0.3, 0.4) is 0 Å². The maximum atomic E-state index is 6.40. The van der Waals surface area contributed by atoms with Crippen LogP contribution in [0.15, 0.2) is 24.3 Å². The van der Waals surface area contributed by atoms with Crippen LogP contribution in [0.4, 0.5) is 0 Å². The molecule has 1 heterocycles. The van der Waals surface area contributed by atoms with E-state index in [2.05, 4.69) is 55.0 Å². The molecule has 0 bridgehead atoms. The van der Waals surface area contributed by atoms with Crippen LogP contribution in [0.5, 0.6) is 0 Å². The molecule has 0 saturated carbocycles. The summed E-state index contributed by atoms with van der Waals surface area (Å²) in [6, 6.07) is 9.46. The van der Waals surface area contributed by atoms with Crippen molar-refractivity contribution < 1.29 is 0 Å². The predicted octanol–water partition coefficient (Wildman–Crippen LogP) is 2.80. The minimum atomic E-state index is 0.156. The van der Waals surface area contributed by atoms with E-state index in [9.17, 15) is 0 Å². The molecule has 1 fully saturated rings. The van der Waals surface area contributed by atoms with Crippen molar-refractivity contribution in [1.82, 2.24) is 9.80 Å². The van der Waals surface area contributed by atoms with Gasteiger partial charge in [-0.25, -0.2) is 0 Å². The molecule has 1 aromatic rings. The van der Waals surface area contributed by atoms with Crippen molar-refractivity contribution in [3.63, 3.8) is 0 Å². The number of benzene rings is 1. The summed E-state index contributed by atoms with van der Waals surface area (Å²) >= 11 is 0. The fourth-order valence-corrected chi connectivity index (χ4v) is 3.35. The Kier molecular flexibility index (Phi) is 6.22. The first kappa shape index (κ1) is 16.5. The zero-order valence-electron chi connectivity index (χ0n) is 13.9. The smallest absolute Gasteiger partial charge is 0.0307 e. The third kappa shape index (κ3) is 4.80. The van der Waals surface area contributed by atoms with Crippen molar-refractivity contribution in [3.8, 4) is 0 Å². The van der Waals surface area contributed by atoms with Crippen LogP contribution < -0.4 is 5.73 Å². The Balaban J connectivity index is 1.91. The van der Waals surface area contributed by atoms with Crippen LogP contribution in [0, 0.1) is 6.92 Å². The van der Waals surface area contributed by atoms with Gasteiger partial charge in [-0.2, -0.15) is 0 Å². The monoisotopic (exact) mass is 289 g/mol. The van der Waals surface area contributed by atoms with Crippen LogP contribution in [-0.4, -0.2) is 49.1 Å². The average Bonchev–Trinajstić information content (AvgIpc) is 2.65. The summed E-state index contributed by atoms with van der Waals surface area (Å²) in [6.45, 7) is 9.17. The van der Waals surface area contributed by atoms with Gasteiger partial charge >= 0.3 is 0 Å². The highest BCUT2D eigenvalue weighted by atomic mass is 15.2. The number of hydrogen-bond donors (Lipinski definition) is 1. The fraction of sp³-hybridized carbons (Fsp3) is 0.667. The van der Waals surface area contributed by atoms with Crippen molar-refractivity contribution in [2.75, 3.05) is 33.2 Å². The van der Waals surface area contributed by atoms with E-state index < -0.39 is 0 Å². The summed E-state index contributed by atoms with van der Waals surface area (Å²) in [5.41, 5.74) is 8.97. The van der Waals surface area contributed by atoms with Gasteiger partial charge in [0.05, 0.1) is 0 Å². The maximum absolute atomic E-state index is 6.40. The molecular formula is C18H31N3. The van der Waals surface area contributed by atoms with Crippen molar-refractivity contribution in [2.24, 2.45) is 5.73 Å². The maximum Gasteiger partial charge on any atom is 0.0307 e. The molecule has 2 unspecified atom stereocenters. The average molecular weight is 289 g/mol. The minimum absolute atomic E-state index is 0.156. The molecule has 0 amide bonds. The minimum Gasteiger partial charge on any atom is -0.324 e. The van der Waals surface area contributed by atoms with Crippen LogP contribution in [0.25, 0.3) is 0 Å². The van der Waals surface area contributed by atoms with Crippen molar-refractivity contribution in [1.29, 1.82) is 0 Å². The fourth-order valence-electron chi connectivity index (χ4n) is 3.35. The summed E-state index contributed by atoms with van der Waals surface area (Å²) < 4.78 is 0. The van der Waals surface area contributed by atoms with Crippen LogP contribution in [-0.2, 0) is 0 Å². The lowest BCUT2D eigenvalue weighted by molar-refractivity contribution is 0.178. The molecule has 2 N–H and O–H groups in total. The molecule has 0 spiro atoms. The van der Waals surface area contributed by atoms with Crippen LogP contribution >= 0.6 is 0 Å². The van der Waals surface area contributed by atoms with Gasteiger partial charge in [-0.1, -0.05) is 36.8 Å². The van der Waals surface area contributed by atoms with Gasteiger partial charge in [0.2, 0.25) is 0 Å². The Labute approximate surface area is 130 Å². The standard InChI is InChI=1S/C18H31N3/c1-4-17-14-20(3)10-6-11-21(17)12-9-18(19)16-8-5-7-15(2)13-16/h5,7-8,13,17-18H,4,6,9-12,14,19H2,1-3H3. The summed E-state index contributed by atoms with van der Waals surface area (Å²) in [5.74, 6) is 0. The van der Waals surface area contributed by atoms with Crippen molar-refractivity contribution in [3.05, 3.63) is 35.4 Å². The Hall–Kier alpha value is -0.900. The molecule has 1 aliphatic rings. The highest BCUT2D eigenvalue weighted by Crippen LogP contribution is 2.18. The molecule has 2 rings (SSSR count). The second kappa shape index (κ2) is 7.92. The van der Waals surface area contributed by atoms with E-state index in [1.165, 1.54) is 43.6 Å². The van der Waals surface area contributed by atoms with Crippen molar-refractivity contribution in [2.45, 2.75) is 45.2 Å². The van der Waals surface area contributed by atoms with E-state index >= 15 is 0 Å². The Bertz CT molecular complexity index is 432. The van der Waals surface area contributed by atoms with E-state index in [0.717, 1.165) is 13.0 Å². The van der Waals surface area contributed by atoms with E-state index in [4.69, 9.17) is 5.73 Å². The van der Waals surface area contributed by atoms with Crippen LogP contribution in [0.1, 0.15) is 43.4 Å².